The number of fused-ring (bicyclic) bond motifs is 9. The van der Waals surface area contributed by atoms with Crippen molar-refractivity contribution in [2.75, 3.05) is 0 Å². The highest BCUT2D eigenvalue weighted by Crippen LogP contribution is 2.40. The third-order valence-electron chi connectivity index (χ3n) is 11.1. The average Bonchev–Trinajstić information content (AvgIpc) is 3.95. The van der Waals surface area contributed by atoms with E-state index in [4.69, 9.17) is 23.8 Å². The molecule has 6 nitrogen and oxygen atoms in total. The van der Waals surface area contributed by atoms with Crippen molar-refractivity contribution in [3.05, 3.63) is 182 Å². The first-order valence-corrected chi connectivity index (χ1v) is 19.0. The lowest BCUT2D eigenvalue weighted by Gasteiger charge is -2.08. The minimum absolute atomic E-state index is 0.603. The van der Waals surface area contributed by atoms with Crippen LogP contribution in [0.25, 0.3) is 117 Å². The van der Waals surface area contributed by atoms with Gasteiger partial charge in [-0.05, 0) is 71.8 Å². The molecule has 0 fully saturated rings. The summed E-state index contributed by atoms with van der Waals surface area (Å²) >= 11 is 0. The van der Waals surface area contributed by atoms with E-state index < -0.39 is 0 Å². The lowest BCUT2D eigenvalue weighted by Crippen LogP contribution is -2.00. The zero-order chi connectivity index (χ0) is 37.5. The number of hydrogen-bond acceptors (Lipinski definition) is 5. The first-order valence-electron chi connectivity index (χ1n) is 19.0. The second kappa shape index (κ2) is 12.3. The Morgan fingerprint density at radius 1 is 0.316 bits per heavy atom. The topological polar surface area (TPSA) is 69.9 Å². The predicted octanol–water partition coefficient (Wildman–Crippen LogP) is 13.4. The molecule has 0 N–H and O–H groups in total. The molecular weight excluding hydrogens is 701 g/mol. The molecule has 8 aromatic carbocycles. The first-order chi connectivity index (χ1) is 28.2. The molecule has 0 bridgehead atoms. The van der Waals surface area contributed by atoms with Crippen LogP contribution in [-0.4, -0.2) is 19.5 Å². The molecule has 266 valence electrons. The molecule has 0 unspecified atom stereocenters. The van der Waals surface area contributed by atoms with Crippen molar-refractivity contribution in [1.29, 1.82) is 0 Å². The number of hydrogen-bond donors (Lipinski definition) is 0. The summed E-state index contributed by atoms with van der Waals surface area (Å²) in [6.07, 6.45) is 0. The van der Waals surface area contributed by atoms with Crippen LogP contribution in [0.2, 0.25) is 0 Å². The van der Waals surface area contributed by atoms with Crippen molar-refractivity contribution < 1.29 is 8.83 Å². The maximum Gasteiger partial charge on any atom is 0.164 e. The van der Waals surface area contributed by atoms with Crippen LogP contribution in [0.5, 0.6) is 0 Å². The van der Waals surface area contributed by atoms with Gasteiger partial charge < -0.3 is 13.4 Å². The normalized spacial score (nSPS) is 11.9. The molecule has 0 aliphatic carbocycles. The highest BCUT2D eigenvalue weighted by molar-refractivity contribution is 6.13. The Morgan fingerprint density at radius 2 is 0.825 bits per heavy atom. The van der Waals surface area contributed by atoms with Gasteiger partial charge in [-0.15, -0.1) is 0 Å². The minimum atomic E-state index is 0.603. The van der Waals surface area contributed by atoms with Crippen LogP contribution in [0.1, 0.15) is 0 Å². The fraction of sp³-hybridized carbons (Fsp3) is 0. The van der Waals surface area contributed by atoms with E-state index in [-0.39, 0.29) is 0 Å². The maximum absolute atomic E-state index is 6.80. The second-order valence-corrected chi connectivity index (χ2v) is 14.4. The molecule has 0 saturated heterocycles. The van der Waals surface area contributed by atoms with Crippen LogP contribution < -0.4 is 0 Å². The lowest BCUT2D eigenvalue weighted by atomic mass is 10.0. The summed E-state index contributed by atoms with van der Waals surface area (Å²) in [7, 11) is 0. The number of nitrogens with zero attached hydrogens (tertiary/aromatic N) is 4. The van der Waals surface area contributed by atoms with Crippen LogP contribution in [-0.2, 0) is 0 Å². The van der Waals surface area contributed by atoms with Crippen LogP contribution in [0.15, 0.2) is 191 Å². The summed E-state index contributed by atoms with van der Waals surface area (Å²) < 4.78 is 15.5. The monoisotopic (exact) mass is 730 g/mol. The van der Waals surface area contributed by atoms with E-state index in [0.29, 0.717) is 17.5 Å². The second-order valence-electron chi connectivity index (χ2n) is 14.4. The Kier molecular flexibility index (Phi) is 6.83. The van der Waals surface area contributed by atoms with Gasteiger partial charge in [0.15, 0.2) is 23.1 Å². The van der Waals surface area contributed by atoms with Gasteiger partial charge in [0.05, 0.1) is 16.7 Å². The Bertz CT molecular complexity index is 3410. The Balaban J connectivity index is 0.976. The van der Waals surface area contributed by atoms with E-state index in [9.17, 15) is 0 Å². The van der Waals surface area contributed by atoms with Crippen molar-refractivity contribution in [3.8, 4) is 51.0 Å². The number of furan rings is 2. The highest BCUT2D eigenvalue weighted by atomic mass is 16.3. The molecule has 4 aromatic heterocycles. The Hall–Kier alpha value is -7.83. The minimum Gasteiger partial charge on any atom is -0.456 e. The van der Waals surface area contributed by atoms with E-state index in [1.165, 1.54) is 10.8 Å². The molecule has 0 radical (unpaired) electrons. The van der Waals surface area contributed by atoms with Gasteiger partial charge >= 0.3 is 0 Å². The summed E-state index contributed by atoms with van der Waals surface area (Å²) in [6, 6.07) is 62.7. The molecule has 0 amide bonds. The number of rotatable bonds is 5. The number of benzene rings is 8. The third kappa shape index (κ3) is 5.01. The predicted molar refractivity (Wildman–Crippen MR) is 230 cm³/mol. The van der Waals surface area contributed by atoms with E-state index in [2.05, 4.69) is 114 Å². The third-order valence-corrected chi connectivity index (χ3v) is 11.1. The van der Waals surface area contributed by atoms with Gasteiger partial charge in [0, 0.05) is 49.0 Å². The van der Waals surface area contributed by atoms with Crippen molar-refractivity contribution in [2.24, 2.45) is 0 Å². The zero-order valence-corrected chi connectivity index (χ0v) is 30.4. The van der Waals surface area contributed by atoms with Gasteiger partial charge in [-0.2, -0.15) is 0 Å². The van der Waals surface area contributed by atoms with E-state index >= 15 is 0 Å². The summed E-state index contributed by atoms with van der Waals surface area (Å²) in [5.41, 5.74) is 11.5. The van der Waals surface area contributed by atoms with Crippen LogP contribution in [0.3, 0.4) is 0 Å². The molecule has 0 atom stereocenters. The van der Waals surface area contributed by atoms with Crippen molar-refractivity contribution in [3.63, 3.8) is 0 Å². The summed E-state index contributed by atoms with van der Waals surface area (Å²) in [5, 5.41) is 6.62. The summed E-state index contributed by atoms with van der Waals surface area (Å²) in [6.45, 7) is 0. The molecule has 0 saturated carbocycles. The highest BCUT2D eigenvalue weighted by Gasteiger charge is 2.19. The molecule has 12 rings (SSSR count). The smallest absolute Gasteiger partial charge is 0.164 e. The molecule has 4 heterocycles. The van der Waals surface area contributed by atoms with Crippen LogP contribution in [0.4, 0.5) is 0 Å². The van der Waals surface area contributed by atoms with Gasteiger partial charge in [-0.1, -0.05) is 121 Å². The van der Waals surface area contributed by atoms with Crippen LogP contribution in [0, 0.1) is 0 Å². The first kappa shape index (κ1) is 31.5. The molecule has 12 aromatic rings. The summed E-state index contributed by atoms with van der Waals surface area (Å²) in [5.74, 6) is 1.86. The molecule has 0 aliphatic heterocycles. The van der Waals surface area contributed by atoms with E-state index in [0.717, 1.165) is 88.4 Å². The van der Waals surface area contributed by atoms with Gasteiger partial charge in [-0.25, -0.2) is 15.0 Å². The van der Waals surface area contributed by atoms with E-state index in [1.807, 2.05) is 72.8 Å². The van der Waals surface area contributed by atoms with Gasteiger partial charge in [0.2, 0.25) is 0 Å². The molecular formula is C51H30N4O2. The molecule has 57 heavy (non-hydrogen) atoms. The summed E-state index contributed by atoms with van der Waals surface area (Å²) in [4.78, 5) is 14.8. The standard InChI is InChI=1S/C51H30N4O2/c1-3-12-31(13-4-1)49-52-50(32-14-5-2-6-15-32)54-51(53-49)35-24-27-46-41(29-35)40-28-33(23-26-45(40)56-46)34-22-25-38-39-18-11-21-44(48(39)57-47(38)30-34)55-42-19-9-7-16-36(42)37-17-8-10-20-43(37)55/h1-30H. The van der Waals surface area contributed by atoms with Crippen molar-refractivity contribution in [2.45, 2.75) is 0 Å². The van der Waals surface area contributed by atoms with Gasteiger partial charge in [-0.3, -0.25) is 0 Å². The van der Waals surface area contributed by atoms with E-state index in [1.54, 1.807) is 0 Å². The molecule has 6 heteroatoms. The Morgan fingerprint density at radius 3 is 1.47 bits per heavy atom. The molecule has 0 aliphatic rings. The van der Waals surface area contributed by atoms with Crippen LogP contribution >= 0.6 is 0 Å². The van der Waals surface area contributed by atoms with Crippen molar-refractivity contribution in [1.82, 2.24) is 19.5 Å². The fourth-order valence-electron chi connectivity index (χ4n) is 8.35. The SMILES string of the molecule is c1ccc(-c2nc(-c3ccccc3)nc(-c3ccc4oc5ccc(-c6ccc7c(c6)oc6c(-n8c9ccccc9c9ccccc98)cccc67)cc5c4c3)n2)cc1. The lowest BCUT2D eigenvalue weighted by molar-refractivity contribution is 0.666. The van der Waals surface area contributed by atoms with Gasteiger partial charge in [0.1, 0.15) is 16.7 Å². The molecule has 0 spiro atoms. The van der Waals surface area contributed by atoms with Crippen molar-refractivity contribution >= 4 is 65.7 Å². The average molecular weight is 731 g/mol. The quantitative estimate of drug-likeness (QED) is 0.176. The maximum atomic E-state index is 6.80. The number of aromatic nitrogens is 4. The number of para-hydroxylation sites is 3. The fourth-order valence-corrected chi connectivity index (χ4v) is 8.35. The zero-order valence-electron chi connectivity index (χ0n) is 30.4. The Labute approximate surface area is 325 Å². The largest absolute Gasteiger partial charge is 0.456 e. The van der Waals surface area contributed by atoms with Gasteiger partial charge in [0.25, 0.3) is 0 Å².